The molecule has 18 heavy (non-hydrogen) atoms. The first-order chi connectivity index (χ1) is 8.85. The number of nitrogens with zero attached hydrogens (tertiary/aromatic N) is 1. The minimum atomic E-state index is 0.486. The Morgan fingerprint density at radius 2 is 1.83 bits per heavy atom. The molecule has 0 aromatic heterocycles. The fourth-order valence-electron chi connectivity index (χ4n) is 3.74. The Balaban J connectivity index is 1.79. The van der Waals surface area contributed by atoms with Crippen LogP contribution in [0.2, 0.25) is 0 Å². The Kier molecular flexibility index (Phi) is 5.97. The molecule has 1 saturated carbocycles. The second kappa shape index (κ2) is 7.49. The van der Waals surface area contributed by atoms with Crippen LogP contribution in [0.4, 0.5) is 0 Å². The predicted molar refractivity (Wildman–Crippen MR) is 79.0 cm³/mol. The average molecular weight is 252 g/mol. The Hall–Kier alpha value is -0.0800. The lowest BCUT2D eigenvalue weighted by Gasteiger charge is -2.40. The zero-order valence-corrected chi connectivity index (χ0v) is 12.3. The number of hydrogen-bond donors (Lipinski definition) is 1. The second-order valence-corrected chi connectivity index (χ2v) is 6.46. The molecule has 2 rings (SSSR count). The highest BCUT2D eigenvalue weighted by molar-refractivity contribution is 4.95. The summed E-state index contributed by atoms with van der Waals surface area (Å²) in [5.41, 5.74) is 0.486. The second-order valence-electron chi connectivity index (χ2n) is 6.46. The largest absolute Gasteiger partial charge is 0.310 e. The SMILES string of the molecule is CCCCCCN1CCCNC2(CCCCC2)C1. The van der Waals surface area contributed by atoms with Crippen LogP contribution in [-0.4, -0.2) is 36.6 Å². The predicted octanol–water partition coefficient (Wildman–Crippen LogP) is 3.56. The van der Waals surface area contributed by atoms with Crippen LogP contribution in [-0.2, 0) is 0 Å². The number of unbranched alkanes of at least 4 members (excludes halogenated alkanes) is 3. The third kappa shape index (κ3) is 4.24. The molecule has 2 heteroatoms. The van der Waals surface area contributed by atoms with Crippen molar-refractivity contribution in [1.29, 1.82) is 0 Å². The first-order valence-electron chi connectivity index (χ1n) is 8.32. The lowest BCUT2D eigenvalue weighted by atomic mass is 9.81. The van der Waals surface area contributed by atoms with Crippen molar-refractivity contribution in [1.82, 2.24) is 10.2 Å². The summed E-state index contributed by atoms with van der Waals surface area (Å²) in [7, 11) is 0. The van der Waals surface area contributed by atoms with E-state index < -0.39 is 0 Å². The minimum absolute atomic E-state index is 0.486. The van der Waals surface area contributed by atoms with Gasteiger partial charge in [-0.15, -0.1) is 0 Å². The molecule has 0 aromatic carbocycles. The molecule has 0 bridgehead atoms. The zero-order valence-electron chi connectivity index (χ0n) is 12.3. The third-order valence-corrected chi connectivity index (χ3v) is 4.82. The van der Waals surface area contributed by atoms with Gasteiger partial charge < -0.3 is 10.2 Å². The smallest absolute Gasteiger partial charge is 0.0308 e. The van der Waals surface area contributed by atoms with Crippen LogP contribution in [0.5, 0.6) is 0 Å². The Labute approximate surface area is 114 Å². The van der Waals surface area contributed by atoms with E-state index in [2.05, 4.69) is 17.1 Å². The molecule has 1 N–H and O–H groups in total. The van der Waals surface area contributed by atoms with Crippen molar-refractivity contribution >= 4 is 0 Å². The zero-order chi connectivity index (χ0) is 12.7. The van der Waals surface area contributed by atoms with Crippen LogP contribution in [0.3, 0.4) is 0 Å². The van der Waals surface area contributed by atoms with Gasteiger partial charge in [-0.2, -0.15) is 0 Å². The van der Waals surface area contributed by atoms with Gasteiger partial charge in [0.25, 0.3) is 0 Å². The first-order valence-corrected chi connectivity index (χ1v) is 8.32. The highest BCUT2D eigenvalue weighted by Gasteiger charge is 2.34. The number of hydrogen-bond acceptors (Lipinski definition) is 2. The molecule has 1 aliphatic carbocycles. The van der Waals surface area contributed by atoms with Crippen molar-refractivity contribution in [2.24, 2.45) is 0 Å². The van der Waals surface area contributed by atoms with E-state index in [1.165, 1.54) is 90.4 Å². The summed E-state index contributed by atoms with van der Waals surface area (Å²) >= 11 is 0. The van der Waals surface area contributed by atoms with Crippen molar-refractivity contribution in [3.05, 3.63) is 0 Å². The van der Waals surface area contributed by atoms with Gasteiger partial charge in [-0.25, -0.2) is 0 Å². The molecular formula is C16H32N2. The molecule has 0 atom stereocenters. The van der Waals surface area contributed by atoms with E-state index in [0.29, 0.717) is 5.54 Å². The molecular weight excluding hydrogens is 220 g/mol. The summed E-state index contributed by atoms with van der Waals surface area (Å²) in [5.74, 6) is 0. The Morgan fingerprint density at radius 1 is 1.00 bits per heavy atom. The van der Waals surface area contributed by atoms with E-state index in [-0.39, 0.29) is 0 Å². The van der Waals surface area contributed by atoms with Crippen LogP contribution in [0.1, 0.15) is 71.1 Å². The van der Waals surface area contributed by atoms with E-state index in [1.807, 2.05) is 0 Å². The van der Waals surface area contributed by atoms with Crippen LogP contribution in [0, 0.1) is 0 Å². The van der Waals surface area contributed by atoms with E-state index in [9.17, 15) is 0 Å². The standard InChI is InChI=1S/C16H32N2/c1-2-3-4-8-13-18-14-9-12-17-16(15-18)10-6-5-7-11-16/h17H,2-15H2,1H3. The minimum Gasteiger partial charge on any atom is -0.310 e. The van der Waals surface area contributed by atoms with Gasteiger partial charge in [-0.1, -0.05) is 45.4 Å². The summed E-state index contributed by atoms with van der Waals surface area (Å²) in [4.78, 5) is 2.75. The number of nitrogens with one attached hydrogen (secondary N) is 1. The van der Waals surface area contributed by atoms with Crippen LogP contribution < -0.4 is 5.32 Å². The maximum Gasteiger partial charge on any atom is 0.0308 e. The van der Waals surface area contributed by atoms with Gasteiger partial charge in [0.15, 0.2) is 0 Å². The van der Waals surface area contributed by atoms with Gasteiger partial charge in [0.1, 0.15) is 0 Å². The maximum atomic E-state index is 3.89. The van der Waals surface area contributed by atoms with Gasteiger partial charge in [0.05, 0.1) is 0 Å². The van der Waals surface area contributed by atoms with Crippen molar-refractivity contribution in [3.63, 3.8) is 0 Å². The van der Waals surface area contributed by atoms with Gasteiger partial charge in [0.2, 0.25) is 0 Å². The molecule has 1 aliphatic heterocycles. The molecule has 0 radical (unpaired) electrons. The van der Waals surface area contributed by atoms with Gasteiger partial charge >= 0.3 is 0 Å². The summed E-state index contributed by atoms with van der Waals surface area (Å²) in [6.07, 6.45) is 14.1. The van der Waals surface area contributed by atoms with E-state index in [1.54, 1.807) is 0 Å². The summed E-state index contributed by atoms with van der Waals surface area (Å²) in [6, 6.07) is 0. The third-order valence-electron chi connectivity index (χ3n) is 4.82. The van der Waals surface area contributed by atoms with Gasteiger partial charge in [-0.3, -0.25) is 0 Å². The summed E-state index contributed by atoms with van der Waals surface area (Å²) in [6.45, 7) is 7.52. The van der Waals surface area contributed by atoms with Crippen LogP contribution >= 0.6 is 0 Å². The van der Waals surface area contributed by atoms with Gasteiger partial charge in [0, 0.05) is 12.1 Å². The molecule has 2 aliphatic rings. The van der Waals surface area contributed by atoms with E-state index in [4.69, 9.17) is 0 Å². The monoisotopic (exact) mass is 252 g/mol. The van der Waals surface area contributed by atoms with Crippen LogP contribution in [0.15, 0.2) is 0 Å². The summed E-state index contributed by atoms with van der Waals surface area (Å²) < 4.78 is 0. The van der Waals surface area contributed by atoms with Crippen molar-refractivity contribution in [2.75, 3.05) is 26.2 Å². The van der Waals surface area contributed by atoms with Crippen molar-refractivity contribution in [2.45, 2.75) is 76.7 Å². The molecule has 0 aromatic rings. The Morgan fingerprint density at radius 3 is 2.61 bits per heavy atom. The van der Waals surface area contributed by atoms with Gasteiger partial charge in [-0.05, 0) is 45.3 Å². The molecule has 1 spiro atoms. The normalized spacial score (nSPS) is 25.2. The molecule has 2 fully saturated rings. The maximum absolute atomic E-state index is 3.89. The highest BCUT2D eigenvalue weighted by Crippen LogP contribution is 2.30. The molecule has 1 heterocycles. The lowest BCUT2D eigenvalue weighted by molar-refractivity contribution is 0.162. The summed E-state index contributed by atoms with van der Waals surface area (Å²) in [5, 5.41) is 3.89. The Bertz CT molecular complexity index is 221. The lowest BCUT2D eigenvalue weighted by Crippen LogP contribution is -2.52. The van der Waals surface area contributed by atoms with Crippen molar-refractivity contribution in [3.8, 4) is 0 Å². The average Bonchev–Trinajstić information content (AvgIpc) is 2.59. The molecule has 1 saturated heterocycles. The fraction of sp³-hybridized carbons (Fsp3) is 1.00. The fourth-order valence-corrected chi connectivity index (χ4v) is 3.74. The molecule has 2 nitrogen and oxygen atoms in total. The topological polar surface area (TPSA) is 15.3 Å². The van der Waals surface area contributed by atoms with Crippen LogP contribution in [0.25, 0.3) is 0 Å². The quantitative estimate of drug-likeness (QED) is 0.753. The van der Waals surface area contributed by atoms with Crippen molar-refractivity contribution < 1.29 is 0 Å². The number of rotatable bonds is 5. The van der Waals surface area contributed by atoms with E-state index in [0.717, 1.165) is 0 Å². The molecule has 0 unspecified atom stereocenters. The molecule has 0 amide bonds. The van der Waals surface area contributed by atoms with E-state index >= 15 is 0 Å². The highest BCUT2D eigenvalue weighted by atomic mass is 15.2. The molecule has 106 valence electrons. The first kappa shape index (κ1) is 14.3.